The number of carbonyl (C=O) groups is 1. The van der Waals surface area contributed by atoms with E-state index in [1.807, 2.05) is 40.2 Å². The fourth-order valence-electron chi connectivity index (χ4n) is 2.86. The molecule has 2 heterocycles. The van der Waals surface area contributed by atoms with Gasteiger partial charge in [0.1, 0.15) is 5.75 Å². The van der Waals surface area contributed by atoms with Crippen LogP contribution < -0.4 is 10.1 Å². The molecule has 1 N–H and O–H groups in total. The van der Waals surface area contributed by atoms with Crippen molar-refractivity contribution < 1.29 is 9.53 Å². The Bertz CT molecular complexity index is 1170. The van der Waals surface area contributed by atoms with E-state index in [0.717, 1.165) is 27.7 Å². The zero-order valence-corrected chi connectivity index (χ0v) is 15.9. The fraction of sp³-hybridized carbons (Fsp3) is 0.0952. The van der Waals surface area contributed by atoms with Crippen LogP contribution in [0.5, 0.6) is 5.75 Å². The van der Waals surface area contributed by atoms with Gasteiger partial charge in [0.25, 0.3) is 0 Å². The number of ether oxygens (including phenoxy) is 1. The van der Waals surface area contributed by atoms with Gasteiger partial charge in [0.15, 0.2) is 4.96 Å². The minimum atomic E-state index is -0.121. The second kappa shape index (κ2) is 7.55. The first-order valence-electron chi connectivity index (χ1n) is 8.56. The SMILES string of the molecule is COc1ccc(-c2cn3c(CC(=O)Nc4ccc(C#N)cc4)csc3n2)cc1. The summed E-state index contributed by atoms with van der Waals surface area (Å²) in [5.41, 5.74) is 3.94. The summed E-state index contributed by atoms with van der Waals surface area (Å²) in [5, 5.41) is 13.6. The first kappa shape index (κ1) is 17.8. The molecule has 0 aliphatic carbocycles. The molecule has 0 spiro atoms. The molecule has 0 aliphatic rings. The van der Waals surface area contributed by atoms with Crippen molar-refractivity contribution in [2.24, 2.45) is 0 Å². The number of fused-ring (bicyclic) bond motifs is 1. The van der Waals surface area contributed by atoms with Gasteiger partial charge in [-0.1, -0.05) is 0 Å². The first-order valence-corrected chi connectivity index (χ1v) is 9.44. The Kier molecular flexibility index (Phi) is 4.79. The van der Waals surface area contributed by atoms with Crippen LogP contribution in [0.2, 0.25) is 0 Å². The van der Waals surface area contributed by atoms with Gasteiger partial charge >= 0.3 is 0 Å². The lowest BCUT2D eigenvalue weighted by molar-refractivity contribution is -0.115. The number of thiazole rings is 1. The number of aromatic nitrogens is 2. The van der Waals surface area contributed by atoms with Gasteiger partial charge in [-0.05, 0) is 48.5 Å². The summed E-state index contributed by atoms with van der Waals surface area (Å²) in [5.74, 6) is 0.675. The number of amides is 1. The fourth-order valence-corrected chi connectivity index (χ4v) is 3.73. The zero-order valence-electron chi connectivity index (χ0n) is 15.0. The Hall–Kier alpha value is -3.63. The van der Waals surface area contributed by atoms with E-state index in [1.54, 1.807) is 31.4 Å². The summed E-state index contributed by atoms with van der Waals surface area (Å²) in [6.45, 7) is 0. The number of hydrogen-bond acceptors (Lipinski definition) is 5. The van der Waals surface area contributed by atoms with Crippen LogP contribution in [0, 0.1) is 11.3 Å². The predicted molar refractivity (Wildman–Crippen MR) is 109 cm³/mol. The maximum absolute atomic E-state index is 12.4. The third kappa shape index (κ3) is 3.59. The molecule has 4 aromatic rings. The predicted octanol–water partition coefficient (Wildman–Crippen LogP) is 4.12. The summed E-state index contributed by atoms with van der Waals surface area (Å²) in [6, 6.07) is 16.6. The van der Waals surface area contributed by atoms with Crippen LogP contribution in [-0.4, -0.2) is 22.4 Å². The molecule has 2 aromatic heterocycles. The summed E-state index contributed by atoms with van der Waals surface area (Å²) >= 11 is 1.50. The molecule has 0 unspecified atom stereocenters. The molecule has 0 fully saturated rings. The molecule has 138 valence electrons. The Morgan fingerprint density at radius 1 is 1.21 bits per heavy atom. The highest BCUT2D eigenvalue weighted by Gasteiger charge is 2.13. The van der Waals surface area contributed by atoms with Crippen LogP contribution in [0.15, 0.2) is 60.1 Å². The number of rotatable bonds is 5. The van der Waals surface area contributed by atoms with Gasteiger partial charge in [0.2, 0.25) is 5.91 Å². The second-order valence-corrected chi connectivity index (χ2v) is 6.98. The van der Waals surface area contributed by atoms with Gasteiger partial charge in [-0.25, -0.2) is 4.98 Å². The number of carbonyl (C=O) groups excluding carboxylic acids is 1. The summed E-state index contributed by atoms with van der Waals surface area (Å²) < 4.78 is 7.14. The highest BCUT2D eigenvalue weighted by Crippen LogP contribution is 2.25. The van der Waals surface area contributed by atoms with E-state index >= 15 is 0 Å². The Balaban J connectivity index is 1.51. The Morgan fingerprint density at radius 3 is 2.64 bits per heavy atom. The molecule has 0 radical (unpaired) electrons. The molecule has 1 amide bonds. The molecule has 4 rings (SSSR count). The third-order valence-electron chi connectivity index (χ3n) is 4.31. The first-order chi connectivity index (χ1) is 13.7. The number of nitriles is 1. The van der Waals surface area contributed by atoms with Crippen molar-refractivity contribution in [1.29, 1.82) is 5.26 Å². The minimum absolute atomic E-state index is 0.121. The molecule has 0 bridgehead atoms. The molecule has 0 atom stereocenters. The number of nitrogens with one attached hydrogen (secondary N) is 1. The van der Waals surface area contributed by atoms with E-state index in [4.69, 9.17) is 10.00 Å². The lowest BCUT2D eigenvalue weighted by atomic mass is 10.2. The van der Waals surface area contributed by atoms with Crippen LogP contribution in [0.4, 0.5) is 5.69 Å². The van der Waals surface area contributed by atoms with Crippen LogP contribution in [0.25, 0.3) is 16.2 Å². The van der Waals surface area contributed by atoms with E-state index in [-0.39, 0.29) is 12.3 Å². The van der Waals surface area contributed by atoms with Gasteiger partial charge in [-0.3, -0.25) is 9.20 Å². The summed E-state index contributed by atoms with van der Waals surface area (Å²) in [4.78, 5) is 17.9. The van der Waals surface area contributed by atoms with Gasteiger partial charge in [-0.15, -0.1) is 11.3 Å². The van der Waals surface area contributed by atoms with Crippen molar-refractivity contribution in [2.45, 2.75) is 6.42 Å². The largest absolute Gasteiger partial charge is 0.497 e. The maximum Gasteiger partial charge on any atom is 0.230 e. The third-order valence-corrected chi connectivity index (χ3v) is 5.20. The van der Waals surface area contributed by atoms with E-state index < -0.39 is 0 Å². The quantitative estimate of drug-likeness (QED) is 0.558. The van der Waals surface area contributed by atoms with E-state index in [9.17, 15) is 4.79 Å². The van der Waals surface area contributed by atoms with Gasteiger partial charge < -0.3 is 10.1 Å². The summed E-state index contributed by atoms with van der Waals surface area (Å²) in [6.07, 6.45) is 2.18. The van der Waals surface area contributed by atoms with Crippen molar-refractivity contribution >= 4 is 27.9 Å². The molecule has 7 heteroatoms. The molecular formula is C21H16N4O2S. The lowest BCUT2D eigenvalue weighted by Gasteiger charge is -2.05. The monoisotopic (exact) mass is 388 g/mol. The smallest absolute Gasteiger partial charge is 0.230 e. The molecule has 28 heavy (non-hydrogen) atoms. The molecule has 0 aliphatic heterocycles. The average molecular weight is 388 g/mol. The van der Waals surface area contributed by atoms with E-state index in [1.165, 1.54) is 11.3 Å². The minimum Gasteiger partial charge on any atom is -0.497 e. The number of methoxy groups -OCH3 is 1. The number of nitrogens with zero attached hydrogens (tertiary/aromatic N) is 3. The number of benzene rings is 2. The lowest BCUT2D eigenvalue weighted by Crippen LogP contribution is -2.15. The van der Waals surface area contributed by atoms with E-state index in [2.05, 4.69) is 16.4 Å². The zero-order chi connectivity index (χ0) is 19.5. The van der Waals surface area contributed by atoms with Crippen molar-refractivity contribution in [3.05, 3.63) is 71.4 Å². The Labute approximate surface area is 165 Å². The van der Waals surface area contributed by atoms with Gasteiger partial charge in [0.05, 0.1) is 30.9 Å². The van der Waals surface area contributed by atoms with Crippen LogP contribution >= 0.6 is 11.3 Å². The topological polar surface area (TPSA) is 79.4 Å². The summed E-state index contributed by atoms with van der Waals surface area (Å²) in [7, 11) is 1.64. The molecule has 0 saturated heterocycles. The molecular weight excluding hydrogens is 372 g/mol. The molecule has 2 aromatic carbocycles. The van der Waals surface area contributed by atoms with Crippen molar-refractivity contribution in [2.75, 3.05) is 12.4 Å². The Morgan fingerprint density at radius 2 is 1.96 bits per heavy atom. The molecule has 0 saturated carbocycles. The maximum atomic E-state index is 12.4. The van der Waals surface area contributed by atoms with Crippen LogP contribution in [0.3, 0.4) is 0 Å². The number of anilines is 1. The number of imidazole rings is 1. The average Bonchev–Trinajstić information content (AvgIpc) is 3.30. The van der Waals surface area contributed by atoms with E-state index in [0.29, 0.717) is 11.3 Å². The van der Waals surface area contributed by atoms with Crippen molar-refractivity contribution in [3.8, 4) is 23.1 Å². The van der Waals surface area contributed by atoms with Gasteiger partial charge in [0, 0.05) is 28.5 Å². The standard InChI is InChI=1S/C21H16N4O2S/c1-27-18-8-4-15(5-9-18)19-12-25-17(13-28-21(25)24-19)10-20(26)23-16-6-2-14(11-22)3-7-16/h2-9,12-13H,10H2,1H3,(H,23,26). The van der Waals surface area contributed by atoms with Crippen LogP contribution in [0.1, 0.15) is 11.3 Å². The van der Waals surface area contributed by atoms with Crippen LogP contribution in [-0.2, 0) is 11.2 Å². The second-order valence-electron chi connectivity index (χ2n) is 6.15. The van der Waals surface area contributed by atoms with Crippen molar-refractivity contribution in [3.63, 3.8) is 0 Å². The van der Waals surface area contributed by atoms with Crippen molar-refractivity contribution in [1.82, 2.24) is 9.38 Å². The highest BCUT2D eigenvalue weighted by atomic mass is 32.1. The number of hydrogen-bond donors (Lipinski definition) is 1. The molecule has 6 nitrogen and oxygen atoms in total. The van der Waals surface area contributed by atoms with Gasteiger partial charge in [-0.2, -0.15) is 5.26 Å². The highest BCUT2D eigenvalue weighted by molar-refractivity contribution is 7.15. The normalized spacial score (nSPS) is 10.6.